The Morgan fingerprint density at radius 1 is 1.35 bits per heavy atom. The third-order valence-corrected chi connectivity index (χ3v) is 2.96. The van der Waals surface area contributed by atoms with Crippen LogP contribution in [0.25, 0.3) is 0 Å². The number of rotatable bonds is 7. The topological polar surface area (TPSA) is 69.6 Å². The van der Waals surface area contributed by atoms with Crippen LogP contribution in [0.4, 0.5) is 8.78 Å². The molecule has 0 amide bonds. The van der Waals surface area contributed by atoms with Crippen molar-refractivity contribution in [2.45, 2.75) is 26.8 Å². The van der Waals surface area contributed by atoms with Crippen LogP contribution in [0.3, 0.4) is 0 Å². The number of benzene rings is 1. The van der Waals surface area contributed by atoms with Crippen LogP contribution in [-0.2, 0) is 11.3 Å². The van der Waals surface area contributed by atoms with Crippen LogP contribution in [0.1, 0.15) is 25.8 Å². The Bertz CT molecular complexity index is 478. The number of hydrogen-bond acceptors (Lipinski definition) is 3. The molecule has 6 heteroatoms. The molecule has 0 bridgehead atoms. The first-order valence-corrected chi connectivity index (χ1v) is 6.42. The first-order valence-electron chi connectivity index (χ1n) is 6.42. The zero-order valence-electron chi connectivity index (χ0n) is 11.5. The third-order valence-electron chi connectivity index (χ3n) is 2.96. The van der Waals surface area contributed by atoms with E-state index in [1.54, 1.807) is 0 Å². The average Bonchev–Trinajstić information content (AvgIpc) is 2.36. The van der Waals surface area contributed by atoms with E-state index in [2.05, 4.69) is 5.32 Å². The summed E-state index contributed by atoms with van der Waals surface area (Å²) in [7, 11) is 0. The number of phenols is 1. The second-order valence-electron chi connectivity index (χ2n) is 5.15. The van der Waals surface area contributed by atoms with E-state index in [0.717, 1.165) is 12.1 Å². The SMILES string of the molecule is CC(C)CC(CNCc1c(F)ccc(O)c1F)C(=O)O. The molecule has 0 aromatic heterocycles. The van der Waals surface area contributed by atoms with Crippen LogP contribution in [0.15, 0.2) is 12.1 Å². The van der Waals surface area contributed by atoms with E-state index in [-0.39, 0.29) is 24.6 Å². The largest absolute Gasteiger partial charge is 0.505 e. The van der Waals surface area contributed by atoms with E-state index >= 15 is 0 Å². The number of carbonyl (C=O) groups is 1. The minimum absolute atomic E-state index is 0.113. The second kappa shape index (κ2) is 7.19. The Hall–Kier alpha value is -1.69. The molecule has 0 saturated heterocycles. The van der Waals surface area contributed by atoms with E-state index in [4.69, 9.17) is 5.11 Å². The van der Waals surface area contributed by atoms with Gasteiger partial charge in [0.1, 0.15) is 5.82 Å². The van der Waals surface area contributed by atoms with Crippen LogP contribution in [0.5, 0.6) is 5.75 Å². The van der Waals surface area contributed by atoms with Gasteiger partial charge in [0.2, 0.25) is 0 Å². The van der Waals surface area contributed by atoms with Gasteiger partial charge in [0, 0.05) is 18.7 Å². The predicted molar refractivity (Wildman–Crippen MR) is 70.3 cm³/mol. The molecule has 1 aromatic rings. The average molecular weight is 287 g/mol. The summed E-state index contributed by atoms with van der Waals surface area (Å²) in [6.45, 7) is 3.75. The molecule has 0 heterocycles. The van der Waals surface area contributed by atoms with Gasteiger partial charge in [-0.1, -0.05) is 13.8 Å². The van der Waals surface area contributed by atoms with E-state index in [9.17, 15) is 18.7 Å². The molecule has 1 unspecified atom stereocenters. The van der Waals surface area contributed by atoms with Gasteiger partial charge >= 0.3 is 5.97 Å². The van der Waals surface area contributed by atoms with Gasteiger partial charge < -0.3 is 15.5 Å². The highest BCUT2D eigenvalue weighted by Crippen LogP contribution is 2.21. The van der Waals surface area contributed by atoms with Crippen molar-refractivity contribution in [1.82, 2.24) is 5.32 Å². The van der Waals surface area contributed by atoms with E-state index in [1.165, 1.54) is 0 Å². The van der Waals surface area contributed by atoms with Crippen LogP contribution in [-0.4, -0.2) is 22.7 Å². The maximum atomic E-state index is 13.5. The minimum Gasteiger partial charge on any atom is -0.505 e. The summed E-state index contributed by atoms with van der Waals surface area (Å²) in [6, 6.07) is 1.91. The summed E-state index contributed by atoms with van der Waals surface area (Å²) in [5.41, 5.74) is -0.293. The zero-order chi connectivity index (χ0) is 15.3. The van der Waals surface area contributed by atoms with Gasteiger partial charge in [-0.05, 0) is 24.5 Å². The van der Waals surface area contributed by atoms with E-state index < -0.39 is 29.3 Å². The van der Waals surface area contributed by atoms with Gasteiger partial charge in [-0.25, -0.2) is 8.78 Å². The standard InChI is InChI=1S/C14H19F2NO3/c1-8(2)5-9(14(19)20)6-17-7-10-11(15)3-4-12(18)13(10)16/h3-4,8-9,17-18H,5-7H2,1-2H3,(H,19,20). The molecule has 1 rings (SSSR count). The molecule has 1 atom stereocenters. The van der Waals surface area contributed by atoms with E-state index in [1.807, 2.05) is 13.8 Å². The van der Waals surface area contributed by atoms with Gasteiger partial charge in [-0.3, -0.25) is 4.79 Å². The molecule has 20 heavy (non-hydrogen) atoms. The third kappa shape index (κ3) is 4.45. The Kier molecular flexibility index (Phi) is 5.88. The summed E-state index contributed by atoms with van der Waals surface area (Å²) in [6.07, 6.45) is 0.480. The maximum Gasteiger partial charge on any atom is 0.307 e. The molecule has 0 saturated carbocycles. The summed E-state index contributed by atoms with van der Waals surface area (Å²) >= 11 is 0. The van der Waals surface area contributed by atoms with Crippen molar-refractivity contribution in [2.24, 2.45) is 11.8 Å². The summed E-state index contributed by atoms with van der Waals surface area (Å²) < 4.78 is 26.9. The minimum atomic E-state index is -1.02. The monoisotopic (exact) mass is 287 g/mol. The molecule has 0 spiro atoms. The highest BCUT2D eigenvalue weighted by atomic mass is 19.1. The van der Waals surface area contributed by atoms with E-state index in [0.29, 0.717) is 6.42 Å². The normalized spacial score (nSPS) is 12.7. The molecule has 1 aromatic carbocycles. The van der Waals surface area contributed by atoms with Gasteiger partial charge in [-0.2, -0.15) is 0 Å². The predicted octanol–water partition coefficient (Wildman–Crippen LogP) is 2.51. The number of aromatic hydroxyl groups is 1. The summed E-state index contributed by atoms with van der Waals surface area (Å²) in [5.74, 6) is -3.76. The van der Waals surface area contributed by atoms with Crippen molar-refractivity contribution in [3.8, 4) is 5.75 Å². The lowest BCUT2D eigenvalue weighted by atomic mass is 9.97. The summed E-state index contributed by atoms with van der Waals surface area (Å²) in [5, 5.41) is 20.9. The van der Waals surface area contributed by atoms with Crippen molar-refractivity contribution >= 4 is 5.97 Å². The number of halogens is 2. The molecule has 112 valence electrons. The van der Waals surface area contributed by atoms with Gasteiger partial charge in [0.05, 0.1) is 5.92 Å². The number of aliphatic carboxylic acids is 1. The first-order chi connectivity index (χ1) is 9.32. The Balaban J connectivity index is 2.63. The quantitative estimate of drug-likeness (QED) is 0.720. The molecule has 0 aliphatic carbocycles. The summed E-state index contributed by atoms with van der Waals surface area (Å²) in [4.78, 5) is 11.0. The smallest absolute Gasteiger partial charge is 0.307 e. The van der Waals surface area contributed by atoms with Crippen LogP contribution < -0.4 is 5.32 Å². The highest BCUT2D eigenvalue weighted by Gasteiger charge is 2.19. The molecule has 0 aliphatic heterocycles. The lowest BCUT2D eigenvalue weighted by Gasteiger charge is -2.16. The fourth-order valence-electron chi connectivity index (χ4n) is 1.96. The number of carboxylic acid groups (broad SMARTS) is 1. The Morgan fingerprint density at radius 2 is 2.00 bits per heavy atom. The van der Waals surface area contributed by atoms with Crippen molar-refractivity contribution < 1.29 is 23.8 Å². The highest BCUT2D eigenvalue weighted by molar-refractivity contribution is 5.70. The number of hydrogen-bond donors (Lipinski definition) is 3. The molecule has 0 radical (unpaired) electrons. The maximum absolute atomic E-state index is 13.5. The molecular formula is C14H19F2NO3. The molecule has 3 N–H and O–H groups in total. The van der Waals surface area contributed by atoms with Crippen molar-refractivity contribution in [3.05, 3.63) is 29.3 Å². The molecule has 0 fully saturated rings. The zero-order valence-corrected chi connectivity index (χ0v) is 11.5. The molecular weight excluding hydrogens is 268 g/mol. The van der Waals surface area contributed by atoms with Crippen molar-refractivity contribution in [1.29, 1.82) is 0 Å². The van der Waals surface area contributed by atoms with Crippen LogP contribution in [0.2, 0.25) is 0 Å². The first kappa shape index (κ1) is 16.4. The van der Waals surface area contributed by atoms with Gasteiger partial charge in [-0.15, -0.1) is 0 Å². The fourth-order valence-corrected chi connectivity index (χ4v) is 1.96. The second-order valence-corrected chi connectivity index (χ2v) is 5.15. The van der Waals surface area contributed by atoms with Crippen molar-refractivity contribution in [3.63, 3.8) is 0 Å². The number of nitrogens with one attached hydrogen (secondary N) is 1. The fraction of sp³-hybridized carbons (Fsp3) is 0.500. The lowest BCUT2D eigenvalue weighted by Crippen LogP contribution is -2.29. The Labute approximate surface area is 116 Å². The lowest BCUT2D eigenvalue weighted by molar-refractivity contribution is -0.142. The number of phenolic OH excluding ortho intramolecular Hbond substituents is 1. The van der Waals surface area contributed by atoms with Crippen LogP contribution >= 0.6 is 0 Å². The van der Waals surface area contributed by atoms with Gasteiger partial charge in [0.25, 0.3) is 0 Å². The van der Waals surface area contributed by atoms with Gasteiger partial charge in [0.15, 0.2) is 11.6 Å². The number of carboxylic acids is 1. The molecule has 0 aliphatic rings. The Morgan fingerprint density at radius 3 is 2.55 bits per heavy atom. The molecule has 4 nitrogen and oxygen atoms in total. The van der Waals surface area contributed by atoms with Crippen molar-refractivity contribution in [2.75, 3.05) is 6.54 Å². The van der Waals surface area contributed by atoms with Crippen LogP contribution in [0, 0.1) is 23.5 Å².